The molecule has 1 aromatic heterocycles. The monoisotopic (exact) mass is 456 g/mol. The molecule has 1 heterocycles. The van der Waals surface area contributed by atoms with Gasteiger partial charge in [-0.2, -0.15) is 0 Å². The zero-order valence-corrected chi connectivity index (χ0v) is 20.0. The molecule has 0 bridgehead atoms. The molecule has 5 nitrogen and oxygen atoms in total. The van der Waals surface area contributed by atoms with Crippen molar-refractivity contribution in [3.05, 3.63) is 107 Å². The van der Waals surface area contributed by atoms with Gasteiger partial charge in [-0.3, -0.25) is 4.57 Å². The van der Waals surface area contributed by atoms with E-state index in [1.54, 1.807) is 4.57 Å². The highest BCUT2D eigenvalue weighted by Gasteiger charge is 2.23. The number of nitrogens with zero attached hydrogens (tertiary/aromatic N) is 1. The van der Waals surface area contributed by atoms with Gasteiger partial charge in [0.15, 0.2) is 0 Å². The standard InChI is InChI=1S/C29H32N2O3/c1-29(2,3)34-28(32)31-19-25(24-15-9-10-16-26(24)31)27(30)23-14-8-7-13-22(23)17-18-33-20-21-11-5-4-6-12-21/h4-16,19,27H,17-18,20,30H2,1-3H3/t27-/m1/s1. The number of carbonyl (C=O) groups excluding carboxylic acids is 1. The Morgan fingerprint density at radius 1 is 0.912 bits per heavy atom. The van der Waals surface area contributed by atoms with Gasteiger partial charge in [-0.05, 0) is 55.5 Å². The van der Waals surface area contributed by atoms with Crippen molar-refractivity contribution in [3.63, 3.8) is 0 Å². The normalized spacial score (nSPS) is 12.6. The lowest BCUT2D eigenvalue weighted by molar-refractivity contribution is 0.0544. The molecule has 0 aliphatic carbocycles. The Morgan fingerprint density at radius 2 is 1.59 bits per heavy atom. The second kappa shape index (κ2) is 10.2. The van der Waals surface area contributed by atoms with Crippen LogP contribution in [-0.2, 0) is 22.5 Å². The Balaban J connectivity index is 1.57. The minimum absolute atomic E-state index is 0.390. The number of rotatable bonds is 7. The van der Waals surface area contributed by atoms with Crippen LogP contribution < -0.4 is 5.73 Å². The van der Waals surface area contributed by atoms with Crippen LogP contribution in [0.3, 0.4) is 0 Å². The average Bonchev–Trinajstić information content (AvgIpc) is 3.21. The van der Waals surface area contributed by atoms with Crippen molar-refractivity contribution in [2.45, 2.75) is 45.4 Å². The van der Waals surface area contributed by atoms with Crippen LogP contribution in [0, 0.1) is 0 Å². The Bertz CT molecular complexity index is 1260. The van der Waals surface area contributed by atoms with Gasteiger partial charge in [0.1, 0.15) is 5.60 Å². The number of carbonyl (C=O) groups is 1. The van der Waals surface area contributed by atoms with E-state index in [-0.39, 0.29) is 6.04 Å². The van der Waals surface area contributed by atoms with Gasteiger partial charge in [0.2, 0.25) is 0 Å². The molecule has 2 N–H and O–H groups in total. The number of para-hydroxylation sites is 1. The quantitative estimate of drug-likeness (QED) is 0.335. The van der Waals surface area contributed by atoms with Crippen LogP contribution in [0.5, 0.6) is 0 Å². The average molecular weight is 457 g/mol. The molecule has 0 saturated carbocycles. The molecule has 4 aromatic rings. The predicted octanol–water partition coefficient (Wildman–Crippen LogP) is 6.23. The Kier molecular flexibility index (Phi) is 7.15. The Hall–Kier alpha value is -3.41. The van der Waals surface area contributed by atoms with E-state index in [9.17, 15) is 4.79 Å². The first-order chi connectivity index (χ1) is 16.3. The van der Waals surface area contributed by atoms with Crippen molar-refractivity contribution in [1.29, 1.82) is 0 Å². The molecular weight excluding hydrogens is 424 g/mol. The molecule has 5 heteroatoms. The van der Waals surface area contributed by atoms with Crippen molar-refractivity contribution >= 4 is 17.0 Å². The van der Waals surface area contributed by atoms with Gasteiger partial charge in [-0.15, -0.1) is 0 Å². The third kappa shape index (κ3) is 5.56. The van der Waals surface area contributed by atoms with E-state index in [2.05, 4.69) is 24.3 Å². The molecule has 4 rings (SSSR count). The summed E-state index contributed by atoms with van der Waals surface area (Å²) in [6.07, 6.45) is 2.15. The van der Waals surface area contributed by atoms with Crippen molar-refractivity contribution < 1.29 is 14.3 Å². The first-order valence-electron chi connectivity index (χ1n) is 11.6. The summed E-state index contributed by atoms with van der Waals surface area (Å²) >= 11 is 0. The minimum Gasteiger partial charge on any atom is -0.443 e. The number of hydrogen-bond donors (Lipinski definition) is 1. The zero-order chi connectivity index (χ0) is 24.1. The molecule has 0 amide bonds. The summed E-state index contributed by atoms with van der Waals surface area (Å²) in [5.74, 6) is 0. The van der Waals surface area contributed by atoms with E-state index < -0.39 is 11.7 Å². The van der Waals surface area contributed by atoms with Crippen molar-refractivity contribution in [2.24, 2.45) is 5.73 Å². The van der Waals surface area contributed by atoms with Gasteiger partial charge < -0.3 is 15.2 Å². The maximum Gasteiger partial charge on any atom is 0.419 e. The maximum atomic E-state index is 12.9. The predicted molar refractivity (Wildman–Crippen MR) is 136 cm³/mol. The molecule has 0 fully saturated rings. The van der Waals surface area contributed by atoms with Crippen molar-refractivity contribution in [1.82, 2.24) is 4.57 Å². The van der Waals surface area contributed by atoms with Crippen LogP contribution >= 0.6 is 0 Å². The van der Waals surface area contributed by atoms with Gasteiger partial charge in [0.05, 0.1) is 24.8 Å². The highest BCUT2D eigenvalue weighted by Crippen LogP contribution is 2.31. The second-order valence-electron chi connectivity index (χ2n) is 9.42. The zero-order valence-electron chi connectivity index (χ0n) is 20.0. The first kappa shape index (κ1) is 23.7. The molecule has 0 aliphatic heterocycles. The molecule has 0 saturated heterocycles. The number of aromatic nitrogens is 1. The Morgan fingerprint density at radius 3 is 2.35 bits per heavy atom. The Labute approximate surface area is 201 Å². The van der Waals surface area contributed by atoms with Gasteiger partial charge in [0.25, 0.3) is 0 Å². The molecule has 0 aliphatic rings. The van der Waals surface area contributed by atoms with Crippen LogP contribution in [0.4, 0.5) is 4.79 Å². The summed E-state index contributed by atoms with van der Waals surface area (Å²) in [6, 6.07) is 25.7. The summed E-state index contributed by atoms with van der Waals surface area (Å²) in [5.41, 5.74) is 11.2. The lowest BCUT2D eigenvalue weighted by atomic mass is 9.93. The topological polar surface area (TPSA) is 66.5 Å². The van der Waals surface area contributed by atoms with Gasteiger partial charge in [-0.1, -0.05) is 72.8 Å². The maximum absolute atomic E-state index is 12.9. The van der Waals surface area contributed by atoms with Crippen LogP contribution in [0.15, 0.2) is 85.1 Å². The lowest BCUT2D eigenvalue weighted by Crippen LogP contribution is -2.26. The smallest absolute Gasteiger partial charge is 0.419 e. The fourth-order valence-corrected chi connectivity index (χ4v) is 4.10. The van der Waals surface area contributed by atoms with Crippen LogP contribution in [0.2, 0.25) is 0 Å². The number of fused-ring (bicyclic) bond motifs is 1. The third-order valence-corrected chi connectivity index (χ3v) is 5.69. The van der Waals surface area contributed by atoms with Crippen molar-refractivity contribution in [3.8, 4) is 0 Å². The van der Waals surface area contributed by atoms with E-state index in [1.165, 1.54) is 0 Å². The lowest BCUT2D eigenvalue weighted by Gasteiger charge is -2.19. The molecule has 3 aromatic carbocycles. The van der Waals surface area contributed by atoms with Crippen LogP contribution in [0.1, 0.15) is 49.1 Å². The van der Waals surface area contributed by atoms with E-state index in [0.29, 0.717) is 13.2 Å². The summed E-state index contributed by atoms with van der Waals surface area (Å²) in [4.78, 5) is 12.9. The largest absolute Gasteiger partial charge is 0.443 e. The summed E-state index contributed by atoms with van der Waals surface area (Å²) in [5, 5.41) is 0.941. The second-order valence-corrected chi connectivity index (χ2v) is 9.42. The van der Waals surface area contributed by atoms with Gasteiger partial charge >= 0.3 is 6.09 Å². The SMILES string of the molecule is CC(C)(C)OC(=O)n1cc([C@H](N)c2ccccc2CCOCc2ccccc2)c2ccccc21. The summed E-state index contributed by atoms with van der Waals surface area (Å²) in [7, 11) is 0. The molecule has 176 valence electrons. The fourth-order valence-electron chi connectivity index (χ4n) is 4.10. The number of nitrogens with two attached hydrogens (primary N) is 1. The number of hydrogen-bond acceptors (Lipinski definition) is 4. The van der Waals surface area contributed by atoms with E-state index >= 15 is 0 Å². The fraction of sp³-hybridized carbons (Fsp3) is 0.276. The summed E-state index contributed by atoms with van der Waals surface area (Å²) in [6.45, 7) is 6.76. The highest BCUT2D eigenvalue weighted by atomic mass is 16.6. The van der Waals surface area contributed by atoms with Crippen LogP contribution in [-0.4, -0.2) is 22.9 Å². The molecular formula is C29H32N2O3. The third-order valence-electron chi connectivity index (χ3n) is 5.69. The molecule has 0 unspecified atom stereocenters. The molecule has 34 heavy (non-hydrogen) atoms. The number of benzene rings is 3. The molecule has 0 radical (unpaired) electrons. The first-order valence-corrected chi connectivity index (χ1v) is 11.6. The highest BCUT2D eigenvalue weighted by molar-refractivity contribution is 5.92. The van der Waals surface area contributed by atoms with Crippen LogP contribution in [0.25, 0.3) is 10.9 Å². The van der Waals surface area contributed by atoms with Gasteiger partial charge in [-0.25, -0.2) is 4.79 Å². The van der Waals surface area contributed by atoms with E-state index in [4.69, 9.17) is 15.2 Å². The number of ether oxygens (including phenoxy) is 2. The minimum atomic E-state index is -0.586. The molecule has 1 atom stereocenters. The summed E-state index contributed by atoms with van der Waals surface area (Å²) < 4.78 is 13.1. The van der Waals surface area contributed by atoms with Crippen molar-refractivity contribution in [2.75, 3.05) is 6.61 Å². The molecule has 0 spiro atoms. The van der Waals surface area contributed by atoms with E-state index in [0.717, 1.165) is 39.6 Å². The van der Waals surface area contributed by atoms with Gasteiger partial charge in [0, 0.05) is 11.6 Å². The van der Waals surface area contributed by atoms with E-state index in [1.807, 2.05) is 81.6 Å².